The molecule has 0 aliphatic rings. The number of alkyl halides is 3. The van der Waals surface area contributed by atoms with Crippen LogP contribution in [0.3, 0.4) is 0 Å². The van der Waals surface area contributed by atoms with E-state index < -0.39 is 12.6 Å². The second-order valence-electron chi connectivity index (χ2n) is 3.24. The zero-order valence-corrected chi connectivity index (χ0v) is 7.75. The monoisotopic (exact) mass is 182 g/mol. The predicted molar refractivity (Wildman–Crippen MR) is 44.0 cm³/mol. The van der Waals surface area contributed by atoms with Crippen LogP contribution in [0.5, 0.6) is 0 Å². The van der Waals surface area contributed by atoms with E-state index in [2.05, 4.69) is 0 Å². The normalized spacial score (nSPS) is 14.8. The van der Waals surface area contributed by atoms with Gasteiger partial charge >= 0.3 is 6.18 Å². The van der Waals surface area contributed by atoms with Crippen molar-refractivity contribution in [1.82, 2.24) is 0 Å². The lowest BCUT2D eigenvalue weighted by atomic mass is 9.96. The Hall–Kier alpha value is -0.210. The molecule has 0 radical (unpaired) electrons. The fourth-order valence-electron chi connectivity index (χ4n) is 1.27. The lowest BCUT2D eigenvalue weighted by Gasteiger charge is -2.15. The van der Waals surface area contributed by atoms with Crippen LogP contribution in [0.25, 0.3) is 0 Å². The number of rotatable bonds is 5. The Morgan fingerprint density at radius 1 is 1.17 bits per heavy atom. The van der Waals surface area contributed by atoms with Gasteiger partial charge in [-0.15, -0.1) is 0 Å². The van der Waals surface area contributed by atoms with Crippen LogP contribution in [-0.4, -0.2) is 6.18 Å². The van der Waals surface area contributed by atoms with E-state index in [0.717, 1.165) is 12.8 Å². The van der Waals surface area contributed by atoms with E-state index in [1.807, 2.05) is 13.8 Å². The van der Waals surface area contributed by atoms with Gasteiger partial charge in [-0.2, -0.15) is 13.2 Å². The second-order valence-corrected chi connectivity index (χ2v) is 3.24. The summed E-state index contributed by atoms with van der Waals surface area (Å²) in [6.07, 6.45) is -1.34. The summed E-state index contributed by atoms with van der Waals surface area (Å²) in [4.78, 5) is 0. The fourth-order valence-corrected chi connectivity index (χ4v) is 1.27. The molecule has 12 heavy (non-hydrogen) atoms. The van der Waals surface area contributed by atoms with Crippen molar-refractivity contribution in [1.29, 1.82) is 0 Å². The first-order valence-corrected chi connectivity index (χ1v) is 4.56. The van der Waals surface area contributed by atoms with Gasteiger partial charge in [0.2, 0.25) is 0 Å². The van der Waals surface area contributed by atoms with Crippen molar-refractivity contribution in [2.24, 2.45) is 5.92 Å². The van der Waals surface area contributed by atoms with Crippen LogP contribution >= 0.6 is 0 Å². The van der Waals surface area contributed by atoms with Gasteiger partial charge in [-0.05, 0) is 5.92 Å². The van der Waals surface area contributed by atoms with Gasteiger partial charge in [-0.25, -0.2) is 0 Å². The van der Waals surface area contributed by atoms with Crippen molar-refractivity contribution in [2.75, 3.05) is 0 Å². The molecular weight excluding hydrogens is 165 g/mol. The molecule has 0 aromatic rings. The number of hydrogen-bond donors (Lipinski definition) is 0. The Balaban J connectivity index is 3.67. The second kappa shape index (κ2) is 5.44. The summed E-state index contributed by atoms with van der Waals surface area (Å²) in [6, 6.07) is 0. The van der Waals surface area contributed by atoms with E-state index in [9.17, 15) is 13.2 Å². The smallest absolute Gasteiger partial charge is 0.171 e. The minimum atomic E-state index is -3.98. The van der Waals surface area contributed by atoms with Gasteiger partial charge in [0.25, 0.3) is 0 Å². The Morgan fingerprint density at radius 3 is 2.08 bits per heavy atom. The molecule has 0 bridgehead atoms. The summed E-state index contributed by atoms with van der Waals surface area (Å²) >= 11 is 0. The van der Waals surface area contributed by atoms with Crippen molar-refractivity contribution >= 4 is 0 Å². The molecule has 0 aromatic carbocycles. The summed E-state index contributed by atoms with van der Waals surface area (Å²) in [5.41, 5.74) is 0. The molecule has 0 aliphatic carbocycles. The van der Waals surface area contributed by atoms with E-state index >= 15 is 0 Å². The van der Waals surface area contributed by atoms with Gasteiger partial charge in [0.15, 0.2) is 0 Å². The maximum Gasteiger partial charge on any atom is 0.389 e. The van der Waals surface area contributed by atoms with Gasteiger partial charge in [0.05, 0.1) is 0 Å². The van der Waals surface area contributed by atoms with Crippen LogP contribution in [-0.2, 0) is 0 Å². The first kappa shape index (κ1) is 11.8. The Morgan fingerprint density at radius 2 is 1.75 bits per heavy atom. The molecule has 0 saturated heterocycles. The summed E-state index contributed by atoms with van der Waals surface area (Å²) in [5, 5.41) is 0. The highest BCUT2D eigenvalue weighted by Gasteiger charge is 2.30. The average Bonchev–Trinajstić information content (AvgIpc) is 1.95. The molecule has 0 fully saturated rings. The number of unbranched alkanes of at least 4 members (excludes halogenated alkanes) is 1. The third-order valence-electron chi connectivity index (χ3n) is 2.06. The lowest BCUT2D eigenvalue weighted by Crippen LogP contribution is -2.14. The van der Waals surface area contributed by atoms with Crippen LogP contribution in [0, 0.1) is 5.92 Å². The zero-order valence-electron chi connectivity index (χ0n) is 7.75. The summed E-state index contributed by atoms with van der Waals surface area (Å²) < 4.78 is 35.8. The maximum absolute atomic E-state index is 11.9. The van der Waals surface area contributed by atoms with Gasteiger partial charge < -0.3 is 0 Å². The Bertz CT molecular complexity index is 107. The molecule has 0 aliphatic heterocycles. The van der Waals surface area contributed by atoms with Gasteiger partial charge in [0.1, 0.15) is 0 Å². The zero-order chi connectivity index (χ0) is 9.61. The van der Waals surface area contributed by atoms with E-state index in [1.54, 1.807) is 0 Å². The Kier molecular flexibility index (Phi) is 5.34. The van der Waals surface area contributed by atoms with Gasteiger partial charge in [-0.1, -0.05) is 39.5 Å². The molecule has 1 unspecified atom stereocenters. The molecule has 0 aromatic heterocycles. The van der Waals surface area contributed by atoms with E-state index in [1.165, 1.54) is 0 Å². The fraction of sp³-hybridized carbons (Fsp3) is 1.00. The van der Waals surface area contributed by atoms with Crippen molar-refractivity contribution in [3.8, 4) is 0 Å². The van der Waals surface area contributed by atoms with E-state index in [-0.39, 0.29) is 5.92 Å². The largest absolute Gasteiger partial charge is 0.389 e. The topological polar surface area (TPSA) is 0 Å². The van der Waals surface area contributed by atoms with Crippen molar-refractivity contribution in [2.45, 2.75) is 52.1 Å². The van der Waals surface area contributed by atoms with Crippen LogP contribution < -0.4 is 0 Å². The minimum absolute atomic E-state index is 0.162. The molecule has 0 nitrogen and oxygen atoms in total. The molecule has 0 amide bonds. The molecule has 0 heterocycles. The molecular formula is C9H17F3. The highest BCUT2D eigenvalue weighted by Crippen LogP contribution is 2.29. The summed E-state index contributed by atoms with van der Waals surface area (Å²) in [5.74, 6) is -0.162. The Labute approximate surface area is 72.2 Å². The highest BCUT2D eigenvalue weighted by atomic mass is 19.4. The average molecular weight is 182 g/mol. The number of hydrogen-bond acceptors (Lipinski definition) is 0. The van der Waals surface area contributed by atoms with Crippen LogP contribution in [0.2, 0.25) is 0 Å². The van der Waals surface area contributed by atoms with Gasteiger partial charge in [0, 0.05) is 6.42 Å². The van der Waals surface area contributed by atoms with Crippen molar-refractivity contribution in [3.05, 3.63) is 0 Å². The van der Waals surface area contributed by atoms with E-state index in [0.29, 0.717) is 12.8 Å². The maximum atomic E-state index is 11.9. The van der Waals surface area contributed by atoms with Crippen LogP contribution in [0.1, 0.15) is 46.0 Å². The number of halogens is 3. The predicted octanol–water partition coefficient (Wildman–Crippen LogP) is 4.16. The molecule has 74 valence electrons. The molecule has 1 atom stereocenters. The van der Waals surface area contributed by atoms with E-state index in [4.69, 9.17) is 0 Å². The minimum Gasteiger partial charge on any atom is -0.171 e. The molecule has 0 spiro atoms. The summed E-state index contributed by atoms with van der Waals surface area (Å²) in [7, 11) is 0. The standard InChI is InChI=1S/C9H17F3/c1-3-5-6-8(4-2)7-9(10,11)12/h8H,3-7H2,1-2H3. The van der Waals surface area contributed by atoms with Crippen LogP contribution in [0.4, 0.5) is 13.2 Å². The first-order valence-electron chi connectivity index (χ1n) is 4.56. The van der Waals surface area contributed by atoms with Crippen LogP contribution in [0.15, 0.2) is 0 Å². The third-order valence-corrected chi connectivity index (χ3v) is 2.06. The SMILES string of the molecule is CCCCC(CC)CC(F)(F)F. The van der Waals surface area contributed by atoms with Gasteiger partial charge in [-0.3, -0.25) is 0 Å². The third kappa shape index (κ3) is 6.50. The first-order chi connectivity index (χ1) is 5.49. The molecule has 0 N–H and O–H groups in total. The highest BCUT2D eigenvalue weighted by molar-refractivity contribution is 4.62. The molecule has 0 saturated carbocycles. The van der Waals surface area contributed by atoms with Crippen molar-refractivity contribution < 1.29 is 13.2 Å². The quantitative estimate of drug-likeness (QED) is 0.599. The molecule has 3 heteroatoms. The van der Waals surface area contributed by atoms with Crippen molar-refractivity contribution in [3.63, 3.8) is 0 Å². The molecule has 0 rings (SSSR count). The summed E-state index contributed by atoms with van der Waals surface area (Å²) in [6.45, 7) is 3.83. The lowest BCUT2D eigenvalue weighted by molar-refractivity contribution is -0.145.